The Bertz CT molecular complexity index is 1180. The minimum atomic E-state index is -0.861. The molecule has 4 atom stereocenters. The van der Waals surface area contributed by atoms with E-state index in [1.807, 2.05) is 0 Å². The molecule has 1 aromatic carbocycles. The van der Waals surface area contributed by atoms with Crippen LogP contribution in [-0.4, -0.2) is 53.2 Å². The summed E-state index contributed by atoms with van der Waals surface area (Å²) in [5, 5.41) is 8.79. The molecule has 0 radical (unpaired) electrons. The monoisotopic (exact) mass is 590 g/mol. The van der Waals surface area contributed by atoms with Crippen LogP contribution in [0.15, 0.2) is 23.3 Å². The third kappa shape index (κ3) is 7.19. The second-order valence-corrected chi connectivity index (χ2v) is 12.4. The topological polar surface area (TPSA) is 108 Å². The first-order valence-electron chi connectivity index (χ1n) is 14.3. The highest BCUT2D eigenvalue weighted by Crippen LogP contribution is 2.40. The van der Waals surface area contributed by atoms with Gasteiger partial charge in [0.2, 0.25) is 17.7 Å². The Balaban J connectivity index is 1.40. The number of hydrogen-bond acceptors (Lipinski definition) is 4. The minimum Gasteiger partial charge on any atom is -0.351 e. The SMILES string of the molecule is CC(=O)Nc1c(Cl)cc(C(=O)NC(C)C(=O)N2CCCC2C(=O)NC(CC(C)=C2CCC2)C(C)C2CC2)cc1Cl. The molecule has 1 saturated heterocycles. The van der Waals surface area contributed by atoms with Crippen molar-refractivity contribution in [2.24, 2.45) is 11.8 Å². The van der Waals surface area contributed by atoms with E-state index in [1.165, 1.54) is 49.5 Å². The van der Waals surface area contributed by atoms with Gasteiger partial charge in [-0.3, -0.25) is 19.2 Å². The van der Waals surface area contributed by atoms with Crippen LogP contribution in [0.3, 0.4) is 0 Å². The van der Waals surface area contributed by atoms with Crippen LogP contribution in [0.4, 0.5) is 5.69 Å². The average Bonchev–Trinajstić information content (AvgIpc) is 3.59. The fraction of sp³-hybridized carbons (Fsp3) is 0.600. The smallest absolute Gasteiger partial charge is 0.252 e. The van der Waals surface area contributed by atoms with E-state index in [0.29, 0.717) is 24.8 Å². The number of benzene rings is 1. The quantitative estimate of drug-likeness (QED) is 0.313. The molecule has 3 aliphatic rings. The Kier molecular flexibility index (Phi) is 9.83. The van der Waals surface area contributed by atoms with Gasteiger partial charge in [-0.15, -0.1) is 0 Å². The van der Waals surface area contributed by atoms with Crippen LogP contribution in [0.25, 0.3) is 0 Å². The standard InChI is InChI=1S/C30H40Cl2N4O4/c1-16(20-7-5-8-20)13-25(17(2)21-10-11-21)35-29(39)26-9-6-12-36(26)30(40)18(3)33-28(38)22-14-23(31)27(24(32)15-22)34-19(4)37/h14-15,17-18,21,25-26H,5-13H2,1-4H3,(H,33,38)(H,34,37)(H,35,39). The van der Waals surface area contributed by atoms with Gasteiger partial charge in [-0.2, -0.15) is 0 Å². The minimum absolute atomic E-state index is 0.0535. The normalized spacial score (nSPS) is 20.7. The Hall–Kier alpha value is -2.58. The lowest BCUT2D eigenvalue weighted by atomic mass is 9.83. The Morgan fingerprint density at radius 2 is 1.62 bits per heavy atom. The summed E-state index contributed by atoms with van der Waals surface area (Å²) in [7, 11) is 0. The van der Waals surface area contributed by atoms with Crippen molar-refractivity contribution in [1.82, 2.24) is 15.5 Å². The maximum atomic E-state index is 13.5. The molecule has 4 unspecified atom stereocenters. The van der Waals surface area contributed by atoms with Gasteiger partial charge in [0.25, 0.3) is 5.91 Å². The molecule has 4 rings (SSSR count). The summed E-state index contributed by atoms with van der Waals surface area (Å²) in [5.41, 5.74) is 3.30. The van der Waals surface area contributed by atoms with Gasteiger partial charge >= 0.3 is 0 Å². The lowest BCUT2D eigenvalue weighted by molar-refractivity contribution is -0.140. The van der Waals surface area contributed by atoms with Crippen molar-refractivity contribution in [1.29, 1.82) is 0 Å². The molecule has 4 amide bonds. The summed E-state index contributed by atoms with van der Waals surface area (Å²) < 4.78 is 0. The van der Waals surface area contributed by atoms with E-state index in [0.717, 1.165) is 25.7 Å². The fourth-order valence-corrected chi connectivity index (χ4v) is 6.33. The molecule has 10 heteroatoms. The third-order valence-corrected chi connectivity index (χ3v) is 9.17. The zero-order chi connectivity index (χ0) is 29.1. The number of nitrogens with one attached hydrogen (secondary N) is 3. The summed E-state index contributed by atoms with van der Waals surface area (Å²) in [6, 6.07) is 1.41. The van der Waals surface area contributed by atoms with Crippen molar-refractivity contribution in [2.45, 2.75) is 97.2 Å². The van der Waals surface area contributed by atoms with Crippen LogP contribution in [0, 0.1) is 11.8 Å². The number of carbonyl (C=O) groups excluding carboxylic acids is 4. The number of likely N-dealkylation sites (tertiary alicyclic amines) is 1. The van der Waals surface area contributed by atoms with Gasteiger partial charge in [0, 0.05) is 25.1 Å². The van der Waals surface area contributed by atoms with Crippen molar-refractivity contribution in [3.63, 3.8) is 0 Å². The summed E-state index contributed by atoms with van der Waals surface area (Å²) in [6.45, 7) is 7.82. The summed E-state index contributed by atoms with van der Waals surface area (Å²) >= 11 is 12.5. The van der Waals surface area contributed by atoms with E-state index in [-0.39, 0.29) is 45.1 Å². The number of amides is 4. The molecule has 0 aromatic heterocycles. The number of anilines is 1. The summed E-state index contributed by atoms with van der Waals surface area (Å²) in [4.78, 5) is 52.9. The van der Waals surface area contributed by atoms with Gasteiger partial charge in [0.15, 0.2) is 0 Å². The van der Waals surface area contributed by atoms with E-state index in [4.69, 9.17) is 23.2 Å². The summed E-state index contributed by atoms with van der Waals surface area (Å²) in [5.74, 6) is -0.257. The van der Waals surface area contributed by atoms with Gasteiger partial charge in [-0.25, -0.2) is 0 Å². The van der Waals surface area contributed by atoms with E-state index < -0.39 is 18.0 Å². The average molecular weight is 592 g/mol. The molecule has 3 N–H and O–H groups in total. The van der Waals surface area contributed by atoms with E-state index >= 15 is 0 Å². The van der Waals surface area contributed by atoms with Gasteiger partial charge in [-0.05, 0) is 89.2 Å². The number of hydrogen-bond donors (Lipinski definition) is 3. The molecular formula is C30H40Cl2N4O4. The zero-order valence-corrected chi connectivity index (χ0v) is 25.3. The number of nitrogens with zero attached hydrogens (tertiary/aromatic N) is 1. The Morgan fingerprint density at radius 1 is 0.975 bits per heavy atom. The maximum Gasteiger partial charge on any atom is 0.252 e. The van der Waals surface area contributed by atoms with E-state index in [9.17, 15) is 19.2 Å². The number of carbonyl (C=O) groups is 4. The predicted molar refractivity (Wildman–Crippen MR) is 157 cm³/mol. The van der Waals surface area contributed by atoms with Crippen LogP contribution >= 0.6 is 23.2 Å². The van der Waals surface area contributed by atoms with Gasteiger partial charge < -0.3 is 20.9 Å². The van der Waals surface area contributed by atoms with Gasteiger partial charge in [-0.1, -0.05) is 41.3 Å². The zero-order valence-electron chi connectivity index (χ0n) is 23.7. The van der Waals surface area contributed by atoms with E-state index in [2.05, 4.69) is 29.8 Å². The molecule has 40 heavy (non-hydrogen) atoms. The summed E-state index contributed by atoms with van der Waals surface area (Å²) in [6.07, 6.45) is 8.18. The lowest BCUT2D eigenvalue weighted by Crippen LogP contribution is -2.54. The van der Waals surface area contributed by atoms with E-state index in [1.54, 1.807) is 11.8 Å². The Labute approximate surface area is 246 Å². The maximum absolute atomic E-state index is 13.5. The van der Waals surface area contributed by atoms with Crippen LogP contribution in [0.2, 0.25) is 10.0 Å². The molecule has 1 heterocycles. The first-order chi connectivity index (χ1) is 19.0. The van der Waals surface area contributed by atoms with Crippen molar-refractivity contribution < 1.29 is 19.2 Å². The molecule has 0 spiro atoms. The first-order valence-corrected chi connectivity index (χ1v) is 15.1. The lowest BCUT2D eigenvalue weighted by Gasteiger charge is -2.32. The molecule has 218 valence electrons. The largest absolute Gasteiger partial charge is 0.351 e. The molecule has 0 bridgehead atoms. The molecule has 1 aliphatic heterocycles. The number of halogens is 2. The second-order valence-electron chi connectivity index (χ2n) is 11.6. The molecule has 2 aliphatic carbocycles. The number of rotatable bonds is 10. The van der Waals surface area contributed by atoms with Crippen LogP contribution < -0.4 is 16.0 Å². The first kappa shape index (κ1) is 30.4. The third-order valence-electron chi connectivity index (χ3n) is 8.58. The van der Waals surface area contributed by atoms with Crippen molar-refractivity contribution >= 4 is 52.5 Å². The Morgan fingerprint density at radius 3 is 2.17 bits per heavy atom. The highest BCUT2D eigenvalue weighted by atomic mass is 35.5. The van der Waals surface area contributed by atoms with Gasteiger partial charge in [0.1, 0.15) is 12.1 Å². The van der Waals surface area contributed by atoms with Crippen molar-refractivity contribution in [3.05, 3.63) is 38.9 Å². The van der Waals surface area contributed by atoms with Gasteiger partial charge in [0.05, 0.1) is 15.7 Å². The predicted octanol–water partition coefficient (Wildman–Crippen LogP) is 5.48. The second kappa shape index (κ2) is 12.9. The molecular weight excluding hydrogens is 551 g/mol. The highest BCUT2D eigenvalue weighted by Gasteiger charge is 2.39. The van der Waals surface area contributed by atoms with Crippen molar-refractivity contribution in [2.75, 3.05) is 11.9 Å². The molecule has 1 aromatic rings. The van der Waals surface area contributed by atoms with Crippen molar-refractivity contribution in [3.8, 4) is 0 Å². The number of allylic oxidation sites excluding steroid dienone is 1. The van der Waals surface area contributed by atoms with Crippen LogP contribution in [0.5, 0.6) is 0 Å². The molecule has 8 nitrogen and oxygen atoms in total. The van der Waals surface area contributed by atoms with Crippen LogP contribution in [-0.2, 0) is 14.4 Å². The molecule has 3 fully saturated rings. The molecule has 2 saturated carbocycles. The highest BCUT2D eigenvalue weighted by molar-refractivity contribution is 6.40. The fourth-order valence-electron chi connectivity index (χ4n) is 5.75. The van der Waals surface area contributed by atoms with Crippen LogP contribution in [0.1, 0.15) is 89.4 Å².